The molecule has 1 saturated heterocycles. The molecule has 0 saturated carbocycles. The van der Waals surface area contributed by atoms with Crippen molar-refractivity contribution in [2.75, 3.05) is 0 Å². The molecule has 54 valence electrons. The molecule has 2 rings (SSSR count). The Morgan fingerprint density at radius 1 is 1.40 bits per heavy atom. The Hall–Kier alpha value is -0.630. The third-order valence-electron chi connectivity index (χ3n) is 2.47. The van der Waals surface area contributed by atoms with Crippen molar-refractivity contribution < 1.29 is 9.53 Å². The van der Waals surface area contributed by atoms with E-state index in [1.54, 1.807) is 0 Å². The van der Waals surface area contributed by atoms with Crippen molar-refractivity contribution in [2.45, 2.75) is 19.1 Å². The van der Waals surface area contributed by atoms with E-state index in [1.165, 1.54) is 0 Å². The predicted molar refractivity (Wildman–Crippen MR) is 36.5 cm³/mol. The monoisotopic (exact) mass is 138 g/mol. The average molecular weight is 138 g/mol. The maximum atomic E-state index is 10.5. The number of rotatable bonds is 1. The number of ether oxygens (including phenoxy) is 1. The van der Waals surface area contributed by atoms with E-state index in [0.29, 0.717) is 5.92 Å². The molecule has 0 aromatic rings. The van der Waals surface area contributed by atoms with Crippen LogP contribution in [0.2, 0.25) is 0 Å². The van der Waals surface area contributed by atoms with Gasteiger partial charge in [0.1, 0.15) is 6.29 Å². The average Bonchev–Trinajstić information content (AvgIpc) is 2.46. The van der Waals surface area contributed by atoms with Crippen molar-refractivity contribution in [3.63, 3.8) is 0 Å². The SMILES string of the molecule is CC1C2C=CC(O2)C1C=O. The summed E-state index contributed by atoms with van der Waals surface area (Å²) in [5, 5.41) is 0. The molecule has 2 aliphatic heterocycles. The third kappa shape index (κ3) is 0.598. The quantitative estimate of drug-likeness (QED) is 0.395. The zero-order chi connectivity index (χ0) is 7.14. The minimum atomic E-state index is 0.0810. The van der Waals surface area contributed by atoms with Crippen LogP contribution in [-0.4, -0.2) is 18.5 Å². The molecule has 2 bridgehead atoms. The van der Waals surface area contributed by atoms with E-state index >= 15 is 0 Å². The first-order valence-corrected chi connectivity index (χ1v) is 3.62. The van der Waals surface area contributed by atoms with Crippen molar-refractivity contribution in [2.24, 2.45) is 11.8 Å². The number of carbonyl (C=O) groups is 1. The van der Waals surface area contributed by atoms with Crippen LogP contribution in [0.1, 0.15) is 6.92 Å². The maximum absolute atomic E-state index is 10.5. The molecule has 2 heterocycles. The lowest BCUT2D eigenvalue weighted by atomic mass is 9.86. The highest BCUT2D eigenvalue weighted by Crippen LogP contribution is 2.37. The molecular formula is C8H10O2. The summed E-state index contributed by atoms with van der Waals surface area (Å²) in [5.74, 6) is 0.488. The molecule has 4 atom stereocenters. The van der Waals surface area contributed by atoms with Gasteiger partial charge < -0.3 is 9.53 Å². The van der Waals surface area contributed by atoms with Gasteiger partial charge in [-0.1, -0.05) is 19.1 Å². The molecule has 4 unspecified atom stereocenters. The Morgan fingerprint density at radius 3 is 2.50 bits per heavy atom. The normalized spacial score (nSPS) is 50.1. The first-order chi connectivity index (χ1) is 4.83. The highest BCUT2D eigenvalue weighted by molar-refractivity contribution is 5.57. The molecule has 0 aromatic carbocycles. The van der Waals surface area contributed by atoms with Gasteiger partial charge in [0.15, 0.2) is 0 Å². The lowest BCUT2D eigenvalue weighted by Crippen LogP contribution is -2.22. The van der Waals surface area contributed by atoms with Gasteiger partial charge in [-0.3, -0.25) is 0 Å². The van der Waals surface area contributed by atoms with Gasteiger partial charge in [-0.05, 0) is 5.92 Å². The van der Waals surface area contributed by atoms with E-state index < -0.39 is 0 Å². The summed E-state index contributed by atoms with van der Waals surface area (Å²) in [7, 11) is 0. The summed E-state index contributed by atoms with van der Waals surface area (Å²) in [6.07, 6.45) is 5.34. The first-order valence-electron chi connectivity index (χ1n) is 3.62. The predicted octanol–water partition coefficient (Wildman–Crippen LogP) is 0.775. The maximum Gasteiger partial charge on any atom is 0.126 e. The van der Waals surface area contributed by atoms with Crippen molar-refractivity contribution >= 4 is 6.29 Å². The van der Waals surface area contributed by atoms with Crippen molar-refractivity contribution in [1.82, 2.24) is 0 Å². The Morgan fingerprint density at radius 2 is 2.10 bits per heavy atom. The highest BCUT2D eigenvalue weighted by atomic mass is 16.5. The van der Waals surface area contributed by atoms with Gasteiger partial charge in [0.25, 0.3) is 0 Å². The molecule has 2 nitrogen and oxygen atoms in total. The fourth-order valence-electron chi connectivity index (χ4n) is 1.73. The van der Waals surface area contributed by atoms with Gasteiger partial charge >= 0.3 is 0 Å². The summed E-state index contributed by atoms with van der Waals surface area (Å²) in [6.45, 7) is 2.06. The highest BCUT2D eigenvalue weighted by Gasteiger charge is 2.42. The molecule has 0 radical (unpaired) electrons. The van der Waals surface area contributed by atoms with E-state index in [0.717, 1.165) is 6.29 Å². The summed E-state index contributed by atoms with van der Waals surface area (Å²) >= 11 is 0. The van der Waals surface area contributed by atoms with Crippen LogP contribution in [0.15, 0.2) is 12.2 Å². The Kier molecular flexibility index (Phi) is 1.17. The van der Waals surface area contributed by atoms with Crippen LogP contribution in [0.5, 0.6) is 0 Å². The molecule has 0 spiro atoms. The van der Waals surface area contributed by atoms with Crippen LogP contribution < -0.4 is 0 Å². The summed E-state index contributed by atoms with van der Waals surface area (Å²) < 4.78 is 5.45. The Bertz CT molecular complexity index is 186. The molecule has 0 aliphatic carbocycles. The van der Waals surface area contributed by atoms with Gasteiger partial charge in [-0.15, -0.1) is 0 Å². The molecule has 2 aliphatic rings. The minimum absolute atomic E-state index is 0.0810. The molecule has 10 heavy (non-hydrogen) atoms. The number of carbonyl (C=O) groups excluding carboxylic acids is 1. The van der Waals surface area contributed by atoms with E-state index in [1.807, 2.05) is 6.08 Å². The van der Waals surface area contributed by atoms with Crippen LogP contribution in [0.3, 0.4) is 0 Å². The summed E-state index contributed by atoms with van der Waals surface area (Å²) in [6, 6.07) is 0. The van der Waals surface area contributed by atoms with Gasteiger partial charge in [0.2, 0.25) is 0 Å². The fraction of sp³-hybridized carbons (Fsp3) is 0.625. The van der Waals surface area contributed by atoms with Crippen LogP contribution in [0.25, 0.3) is 0 Å². The van der Waals surface area contributed by atoms with Crippen LogP contribution in [0, 0.1) is 11.8 Å². The van der Waals surface area contributed by atoms with Gasteiger partial charge in [0.05, 0.1) is 12.2 Å². The Balaban J connectivity index is 2.25. The summed E-state index contributed by atoms with van der Waals surface area (Å²) in [4.78, 5) is 10.5. The molecule has 2 heteroatoms. The van der Waals surface area contributed by atoms with Gasteiger partial charge in [-0.25, -0.2) is 0 Å². The van der Waals surface area contributed by atoms with Crippen LogP contribution >= 0.6 is 0 Å². The van der Waals surface area contributed by atoms with Crippen molar-refractivity contribution in [3.8, 4) is 0 Å². The second-order valence-electron chi connectivity index (χ2n) is 3.02. The molecular weight excluding hydrogens is 128 g/mol. The lowest BCUT2D eigenvalue weighted by molar-refractivity contribution is -0.112. The smallest absolute Gasteiger partial charge is 0.126 e. The topological polar surface area (TPSA) is 26.3 Å². The lowest BCUT2D eigenvalue weighted by Gasteiger charge is -2.14. The molecule has 0 amide bonds. The largest absolute Gasteiger partial charge is 0.366 e. The second kappa shape index (κ2) is 1.92. The van der Waals surface area contributed by atoms with E-state index in [4.69, 9.17) is 4.74 Å². The third-order valence-corrected chi connectivity index (χ3v) is 2.47. The van der Waals surface area contributed by atoms with E-state index in [-0.39, 0.29) is 18.1 Å². The molecule has 0 N–H and O–H groups in total. The Labute approximate surface area is 59.9 Å². The minimum Gasteiger partial charge on any atom is -0.366 e. The molecule has 0 aromatic heterocycles. The zero-order valence-electron chi connectivity index (χ0n) is 5.86. The van der Waals surface area contributed by atoms with Crippen LogP contribution in [0.4, 0.5) is 0 Å². The standard InChI is InChI=1S/C8H10O2/c1-5-6(4-9)8-3-2-7(5)10-8/h2-8H,1H3. The second-order valence-corrected chi connectivity index (χ2v) is 3.02. The van der Waals surface area contributed by atoms with Gasteiger partial charge in [-0.2, -0.15) is 0 Å². The molecule has 1 fully saturated rings. The van der Waals surface area contributed by atoms with Gasteiger partial charge in [0, 0.05) is 5.92 Å². The number of hydrogen-bond acceptors (Lipinski definition) is 2. The number of hydrogen-bond donors (Lipinski definition) is 0. The van der Waals surface area contributed by atoms with Crippen LogP contribution in [-0.2, 0) is 9.53 Å². The van der Waals surface area contributed by atoms with Crippen molar-refractivity contribution in [1.29, 1.82) is 0 Å². The van der Waals surface area contributed by atoms with Crippen molar-refractivity contribution in [3.05, 3.63) is 12.2 Å². The number of aldehydes is 1. The van der Waals surface area contributed by atoms with E-state index in [2.05, 4.69) is 13.0 Å². The summed E-state index contributed by atoms with van der Waals surface area (Å²) in [5.41, 5.74) is 0. The van der Waals surface area contributed by atoms with E-state index in [9.17, 15) is 4.79 Å². The number of fused-ring (bicyclic) bond motifs is 2. The fourth-order valence-corrected chi connectivity index (χ4v) is 1.73. The zero-order valence-corrected chi connectivity index (χ0v) is 5.86. The first kappa shape index (κ1) is 6.10.